The van der Waals surface area contributed by atoms with Crippen molar-refractivity contribution < 1.29 is 19.5 Å². The first-order chi connectivity index (χ1) is 17.6. The SMILES string of the molecule is CC(C)(C)c1ccc2[nH]c(CCCC[S+]([O-])C[C@H]3O[C@@H](n4cnc5c(N)ncnc54)[C@H](O)[C@@H]3O)nc2c1. The molecule has 0 amide bonds. The highest BCUT2D eigenvalue weighted by molar-refractivity contribution is 7.91. The maximum Gasteiger partial charge on any atom is 0.167 e. The predicted molar refractivity (Wildman–Crippen MR) is 141 cm³/mol. The summed E-state index contributed by atoms with van der Waals surface area (Å²) in [6.45, 7) is 6.55. The standard InChI is InChI=1S/C25H33N7O4S/c1-25(2,3)14-7-8-15-16(10-14)31-18(30-15)6-4-5-9-37(35)11-17-20(33)21(34)24(36-17)32-13-29-19-22(26)27-12-28-23(19)32/h7-8,10,12-13,17,20-21,24,33-34H,4-6,9,11H2,1-3H3,(H,30,31)(H2,26,27,28)/t17-,20-,21-,24-,37?/m1/s1. The molecular weight excluding hydrogens is 494 g/mol. The monoisotopic (exact) mass is 527 g/mol. The van der Waals surface area contributed by atoms with Gasteiger partial charge in [0.05, 0.1) is 17.4 Å². The van der Waals surface area contributed by atoms with Crippen LogP contribution in [-0.4, -0.2) is 74.1 Å². The maximum atomic E-state index is 12.7. The first kappa shape index (κ1) is 25.9. The minimum Gasteiger partial charge on any atom is -0.616 e. The van der Waals surface area contributed by atoms with Gasteiger partial charge in [0.25, 0.3) is 0 Å². The molecule has 5 atom stereocenters. The molecule has 37 heavy (non-hydrogen) atoms. The molecule has 1 aromatic carbocycles. The van der Waals surface area contributed by atoms with E-state index in [0.717, 1.165) is 36.1 Å². The molecule has 1 saturated heterocycles. The number of hydrogen-bond acceptors (Lipinski definition) is 9. The molecule has 0 saturated carbocycles. The Kier molecular flexibility index (Phi) is 7.12. The number of unbranched alkanes of at least 4 members (excludes halogenated alkanes) is 1. The van der Waals surface area contributed by atoms with Crippen LogP contribution in [0.1, 0.15) is 51.2 Å². The number of fused-ring (bicyclic) bond motifs is 2. The minimum absolute atomic E-state index is 0.0684. The van der Waals surface area contributed by atoms with Crippen LogP contribution in [-0.2, 0) is 27.7 Å². The lowest BCUT2D eigenvalue weighted by molar-refractivity contribution is -0.0292. The number of aliphatic hydroxyl groups excluding tert-OH is 2. The molecule has 0 aliphatic carbocycles. The molecule has 1 aliphatic heterocycles. The molecule has 1 unspecified atom stereocenters. The number of benzene rings is 1. The average Bonchev–Trinajstić information content (AvgIpc) is 3.53. The van der Waals surface area contributed by atoms with E-state index >= 15 is 0 Å². The van der Waals surface area contributed by atoms with Gasteiger partial charge in [0.2, 0.25) is 0 Å². The molecule has 4 aromatic rings. The zero-order valence-corrected chi connectivity index (χ0v) is 22.0. The molecule has 198 valence electrons. The number of aryl methyl sites for hydroxylation is 1. The van der Waals surface area contributed by atoms with Gasteiger partial charge in [0.1, 0.15) is 47.5 Å². The van der Waals surface area contributed by atoms with Crippen molar-refractivity contribution in [3.63, 3.8) is 0 Å². The van der Waals surface area contributed by atoms with E-state index in [1.807, 2.05) is 0 Å². The lowest BCUT2D eigenvalue weighted by atomic mass is 9.87. The molecule has 11 nitrogen and oxygen atoms in total. The van der Waals surface area contributed by atoms with Crippen molar-refractivity contribution in [2.75, 3.05) is 17.2 Å². The van der Waals surface area contributed by atoms with Gasteiger partial charge in [-0.2, -0.15) is 0 Å². The van der Waals surface area contributed by atoms with Crippen LogP contribution in [0.15, 0.2) is 30.9 Å². The Morgan fingerprint density at radius 3 is 2.76 bits per heavy atom. The molecule has 0 radical (unpaired) electrons. The second kappa shape index (κ2) is 10.2. The Hall–Kier alpha value is -2.77. The van der Waals surface area contributed by atoms with E-state index in [1.165, 1.54) is 22.8 Å². The van der Waals surface area contributed by atoms with Crippen LogP contribution in [0.3, 0.4) is 0 Å². The van der Waals surface area contributed by atoms with Gasteiger partial charge >= 0.3 is 0 Å². The zero-order chi connectivity index (χ0) is 26.3. The highest BCUT2D eigenvalue weighted by Crippen LogP contribution is 2.33. The zero-order valence-electron chi connectivity index (χ0n) is 21.2. The number of hydrogen-bond donors (Lipinski definition) is 4. The lowest BCUT2D eigenvalue weighted by Crippen LogP contribution is -2.36. The van der Waals surface area contributed by atoms with Gasteiger partial charge in [0.15, 0.2) is 17.7 Å². The van der Waals surface area contributed by atoms with Gasteiger partial charge in [-0.15, -0.1) is 0 Å². The topological polar surface area (TPSA) is 171 Å². The summed E-state index contributed by atoms with van der Waals surface area (Å²) in [6, 6.07) is 6.34. The third kappa shape index (κ3) is 5.30. The molecule has 1 aliphatic rings. The molecule has 0 spiro atoms. The molecule has 5 rings (SSSR count). The average molecular weight is 528 g/mol. The van der Waals surface area contributed by atoms with Crippen LogP contribution in [0.2, 0.25) is 0 Å². The molecule has 4 heterocycles. The number of nitrogen functional groups attached to an aromatic ring is 1. The number of nitrogens with zero attached hydrogens (tertiary/aromatic N) is 5. The van der Waals surface area contributed by atoms with Crippen LogP contribution in [0.4, 0.5) is 5.82 Å². The van der Waals surface area contributed by atoms with Gasteiger partial charge in [-0.25, -0.2) is 19.9 Å². The fourth-order valence-electron chi connectivity index (χ4n) is 4.62. The fourth-order valence-corrected chi connectivity index (χ4v) is 5.95. The Labute approximate surface area is 217 Å². The fraction of sp³-hybridized carbons (Fsp3) is 0.520. The summed E-state index contributed by atoms with van der Waals surface area (Å²) in [5, 5.41) is 21.1. The number of ether oxygens (including phenoxy) is 1. The number of aromatic amines is 1. The van der Waals surface area contributed by atoms with Crippen molar-refractivity contribution in [2.24, 2.45) is 0 Å². The number of nitrogens with one attached hydrogen (secondary N) is 1. The number of anilines is 1. The third-order valence-electron chi connectivity index (χ3n) is 6.78. The van der Waals surface area contributed by atoms with Crippen LogP contribution < -0.4 is 5.73 Å². The van der Waals surface area contributed by atoms with E-state index in [4.69, 9.17) is 15.5 Å². The lowest BCUT2D eigenvalue weighted by Gasteiger charge is -2.18. The highest BCUT2D eigenvalue weighted by atomic mass is 32.2. The van der Waals surface area contributed by atoms with Crippen molar-refractivity contribution in [3.8, 4) is 0 Å². The molecule has 12 heteroatoms. The number of nitrogens with two attached hydrogens (primary N) is 1. The van der Waals surface area contributed by atoms with E-state index < -0.39 is 35.7 Å². The van der Waals surface area contributed by atoms with Crippen LogP contribution >= 0.6 is 0 Å². The van der Waals surface area contributed by atoms with Crippen LogP contribution in [0, 0.1) is 0 Å². The Morgan fingerprint density at radius 1 is 1.16 bits per heavy atom. The quantitative estimate of drug-likeness (QED) is 0.197. The Morgan fingerprint density at radius 2 is 1.97 bits per heavy atom. The Bertz CT molecular complexity index is 1380. The predicted octanol–water partition coefficient (Wildman–Crippen LogP) is 1.97. The molecule has 3 aromatic heterocycles. The molecule has 1 fully saturated rings. The summed E-state index contributed by atoms with van der Waals surface area (Å²) in [5.41, 5.74) is 9.91. The molecular formula is C25H33N7O4S. The van der Waals surface area contributed by atoms with Crippen molar-refractivity contribution >= 4 is 39.2 Å². The van der Waals surface area contributed by atoms with Crippen molar-refractivity contribution in [1.82, 2.24) is 29.5 Å². The van der Waals surface area contributed by atoms with E-state index in [9.17, 15) is 14.8 Å². The molecule has 0 bridgehead atoms. The van der Waals surface area contributed by atoms with E-state index in [0.29, 0.717) is 16.9 Å². The van der Waals surface area contributed by atoms with Gasteiger partial charge in [-0.05, 0) is 36.0 Å². The summed E-state index contributed by atoms with van der Waals surface area (Å²) in [6.07, 6.45) is 0.993. The number of imidazole rings is 2. The van der Waals surface area contributed by atoms with Crippen LogP contribution in [0.5, 0.6) is 0 Å². The van der Waals surface area contributed by atoms with Crippen LogP contribution in [0.25, 0.3) is 22.2 Å². The largest absolute Gasteiger partial charge is 0.616 e. The van der Waals surface area contributed by atoms with Gasteiger partial charge in [0, 0.05) is 6.42 Å². The summed E-state index contributed by atoms with van der Waals surface area (Å²) in [7, 11) is 0. The highest BCUT2D eigenvalue weighted by Gasteiger charge is 2.46. The minimum atomic E-state index is -1.22. The van der Waals surface area contributed by atoms with Crippen molar-refractivity contribution in [2.45, 2.75) is 70.0 Å². The Balaban J connectivity index is 1.13. The van der Waals surface area contributed by atoms with E-state index in [-0.39, 0.29) is 17.0 Å². The maximum absolute atomic E-state index is 12.7. The van der Waals surface area contributed by atoms with Gasteiger partial charge in [-0.3, -0.25) is 4.57 Å². The summed E-state index contributed by atoms with van der Waals surface area (Å²) >= 11 is -1.22. The summed E-state index contributed by atoms with van der Waals surface area (Å²) in [4.78, 5) is 20.4. The summed E-state index contributed by atoms with van der Waals surface area (Å²) < 4.78 is 20.2. The summed E-state index contributed by atoms with van der Waals surface area (Å²) in [5.74, 6) is 1.73. The first-order valence-corrected chi connectivity index (χ1v) is 13.9. The third-order valence-corrected chi connectivity index (χ3v) is 8.23. The number of rotatable bonds is 8. The van der Waals surface area contributed by atoms with E-state index in [1.54, 1.807) is 0 Å². The second-order valence-electron chi connectivity index (χ2n) is 10.6. The number of aromatic nitrogens is 6. The smallest absolute Gasteiger partial charge is 0.167 e. The van der Waals surface area contributed by atoms with Gasteiger partial charge in [-0.1, -0.05) is 38.0 Å². The number of aliphatic hydroxyl groups is 2. The molecule has 5 N–H and O–H groups in total. The first-order valence-electron chi connectivity index (χ1n) is 12.4. The van der Waals surface area contributed by atoms with Crippen molar-refractivity contribution in [3.05, 3.63) is 42.2 Å². The van der Waals surface area contributed by atoms with Gasteiger partial charge < -0.3 is 30.2 Å². The normalized spacial score (nSPS) is 23.3. The second-order valence-corrected chi connectivity index (χ2v) is 12.2. The number of H-pyrrole nitrogens is 1. The van der Waals surface area contributed by atoms with Crippen molar-refractivity contribution in [1.29, 1.82) is 0 Å². The van der Waals surface area contributed by atoms with E-state index in [2.05, 4.69) is 58.9 Å².